The van der Waals surface area contributed by atoms with Crippen LogP contribution in [0, 0.1) is 20.8 Å². The van der Waals surface area contributed by atoms with E-state index in [-0.39, 0.29) is 24.5 Å². The molecule has 3 aromatic rings. The standard InChI is InChI=1S/C25H29N5O4/c1-14-9-15(2)23(16(3)10-14)28-22-13-19-18-12-21(34-4)20(31)11-17(18)5-7-29(19)25(33)30(22)8-6-27-24(26)32/h9-13,31H,5-8H2,1-4H3,(H3,26,27,32). The van der Waals surface area contributed by atoms with Gasteiger partial charge in [0.25, 0.3) is 0 Å². The van der Waals surface area contributed by atoms with Crippen LogP contribution in [0.25, 0.3) is 11.3 Å². The average molecular weight is 464 g/mol. The maximum atomic E-state index is 13.6. The molecule has 34 heavy (non-hydrogen) atoms. The van der Waals surface area contributed by atoms with E-state index in [2.05, 4.69) is 17.4 Å². The van der Waals surface area contributed by atoms with Crippen molar-refractivity contribution < 1.29 is 14.6 Å². The first kappa shape index (κ1) is 23.2. The zero-order valence-corrected chi connectivity index (χ0v) is 19.8. The molecule has 0 radical (unpaired) electrons. The number of urea groups is 1. The summed E-state index contributed by atoms with van der Waals surface area (Å²) in [5, 5.41) is 12.8. The fraction of sp³-hybridized carbons (Fsp3) is 0.320. The van der Waals surface area contributed by atoms with E-state index >= 15 is 0 Å². The van der Waals surface area contributed by atoms with Gasteiger partial charge in [-0.05, 0) is 56.0 Å². The van der Waals surface area contributed by atoms with Gasteiger partial charge >= 0.3 is 11.7 Å². The second-order valence-electron chi connectivity index (χ2n) is 8.55. The average Bonchev–Trinajstić information content (AvgIpc) is 2.77. The van der Waals surface area contributed by atoms with E-state index in [4.69, 9.17) is 15.5 Å². The third kappa shape index (κ3) is 4.28. The predicted molar refractivity (Wildman–Crippen MR) is 130 cm³/mol. The molecule has 0 saturated carbocycles. The largest absolute Gasteiger partial charge is 0.504 e. The fourth-order valence-electron chi connectivity index (χ4n) is 4.57. The molecule has 0 spiro atoms. The number of rotatable bonds is 5. The molecule has 2 amide bonds. The lowest BCUT2D eigenvalue weighted by atomic mass is 9.97. The summed E-state index contributed by atoms with van der Waals surface area (Å²) in [4.78, 5) is 29.7. The van der Waals surface area contributed by atoms with Crippen molar-refractivity contribution in [3.05, 3.63) is 68.6 Å². The Labute approximate surface area is 197 Å². The Kier molecular flexibility index (Phi) is 6.19. The molecular weight excluding hydrogens is 434 g/mol. The van der Waals surface area contributed by atoms with E-state index in [1.54, 1.807) is 21.3 Å². The topological polar surface area (TPSA) is 124 Å². The van der Waals surface area contributed by atoms with Crippen LogP contribution < -0.4 is 27.0 Å². The van der Waals surface area contributed by atoms with Crippen molar-refractivity contribution in [3.8, 4) is 22.8 Å². The summed E-state index contributed by atoms with van der Waals surface area (Å²) in [5.74, 6) is 0.405. The van der Waals surface area contributed by atoms with Gasteiger partial charge in [0.05, 0.1) is 18.5 Å². The number of aromatic nitrogens is 2. The third-order valence-corrected chi connectivity index (χ3v) is 6.08. The number of nitrogens with two attached hydrogens (primary N) is 1. The van der Waals surface area contributed by atoms with Crippen molar-refractivity contribution >= 4 is 11.7 Å². The van der Waals surface area contributed by atoms with Crippen LogP contribution in [-0.4, -0.2) is 33.9 Å². The molecule has 9 heteroatoms. The minimum atomic E-state index is -0.650. The molecule has 9 nitrogen and oxygen atoms in total. The van der Waals surface area contributed by atoms with Crippen molar-refractivity contribution in [1.29, 1.82) is 0 Å². The van der Waals surface area contributed by atoms with Gasteiger partial charge in [0, 0.05) is 31.3 Å². The summed E-state index contributed by atoms with van der Waals surface area (Å²) < 4.78 is 8.55. The zero-order chi connectivity index (χ0) is 24.6. The van der Waals surface area contributed by atoms with Crippen molar-refractivity contribution in [1.82, 2.24) is 14.5 Å². The first-order valence-corrected chi connectivity index (χ1v) is 11.1. The molecule has 1 aromatic heterocycles. The van der Waals surface area contributed by atoms with Gasteiger partial charge in [0.15, 0.2) is 11.5 Å². The second-order valence-corrected chi connectivity index (χ2v) is 8.55. The van der Waals surface area contributed by atoms with Crippen molar-refractivity contribution in [2.24, 2.45) is 10.7 Å². The van der Waals surface area contributed by atoms with Gasteiger partial charge in [-0.2, -0.15) is 0 Å². The number of fused-ring (bicyclic) bond motifs is 3. The highest BCUT2D eigenvalue weighted by atomic mass is 16.5. The van der Waals surface area contributed by atoms with Gasteiger partial charge in [-0.15, -0.1) is 0 Å². The number of phenolic OH excluding ortho intramolecular Hbond substituents is 1. The molecule has 0 bridgehead atoms. The minimum Gasteiger partial charge on any atom is -0.504 e. The van der Waals surface area contributed by atoms with Gasteiger partial charge in [-0.1, -0.05) is 17.7 Å². The summed E-state index contributed by atoms with van der Waals surface area (Å²) in [6.07, 6.45) is 0.589. The van der Waals surface area contributed by atoms with Gasteiger partial charge < -0.3 is 20.9 Å². The number of nitrogens with one attached hydrogen (secondary N) is 1. The Morgan fingerprint density at radius 3 is 2.53 bits per heavy atom. The number of ether oxygens (including phenoxy) is 1. The Bertz CT molecular complexity index is 1400. The molecule has 0 atom stereocenters. The zero-order valence-electron chi connectivity index (χ0n) is 19.8. The molecule has 178 valence electrons. The van der Waals surface area contributed by atoms with Gasteiger partial charge in [0.1, 0.15) is 5.49 Å². The van der Waals surface area contributed by atoms with Crippen LogP contribution in [0.2, 0.25) is 0 Å². The van der Waals surface area contributed by atoms with Crippen molar-refractivity contribution in [3.63, 3.8) is 0 Å². The number of carbonyl (C=O) groups excluding carboxylic acids is 1. The summed E-state index contributed by atoms with van der Waals surface area (Å²) in [6.45, 7) is 6.89. The molecule has 1 aliphatic heterocycles. The predicted octanol–water partition coefficient (Wildman–Crippen LogP) is 2.41. The first-order chi connectivity index (χ1) is 16.2. The molecule has 4 rings (SSSR count). The van der Waals surface area contributed by atoms with E-state index < -0.39 is 6.03 Å². The monoisotopic (exact) mass is 463 g/mol. The van der Waals surface area contributed by atoms with Gasteiger partial charge in [0.2, 0.25) is 0 Å². The number of hydrogen-bond donors (Lipinski definition) is 3. The Hall–Kier alpha value is -4.01. The molecule has 4 N–H and O–H groups in total. The second kappa shape index (κ2) is 9.09. The first-order valence-electron chi connectivity index (χ1n) is 11.1. The molecule has 2 heterocycles. The van der Waals surface area contributed by atoms with Gasteiger partial charge in [-0.25, -0.2) is 14.6 Å². The Morgan fingerprint density at radius 1 is 1.18 bits per heavy atom. The van der Waals surface area contributed by atoms with Gasteiger partial charge in [-0.3, -0.25) is 9.13 Å². The number of aromatic hydroxyl groups is 1. The van der Waals surface area contributed by atoms with Crippen LogP contribution in [0.15, 0.2) is 40.1 Å². The number of methoxy groups -OCH3 is 1. The quantitative estimate of drug-likeness (QED) is 0.537. The van der Waals surface area contributed by atoms with Crippen LogP contribution in [0.1, 0.15) is 22.3 Å². The van der Waals surface area contributed by atoms with E-state index in [0.717, 1.165) is 33.5 Å². The van der Waals surface area contributed by atoms with Crippen LogP contribution in [0.5, 0.6) is 11.5 Å². The molecular formula is C25H29N5O4. The lowest BCUT2D eigenvalue weighted by molar-refractivity contribution is 0.248. The van der Waals surface area contributed by atoms with E-state index in [1.807, 2.05) is 26.8 Å². The SMILES string of the molecule is COc1cc2c(cc1O)CCn1c-2cc(=Nc2c(C)cc(C)cc2C)n(CCNC(N)=O)c1=O. The number of phenols is 1. The maximum absolute atomic E-state index is 13.6. The normalized spacial score (nSPS) is 12.8. The van der Waals surface area contributed by atoms with Crippen molar-refractivity contribution in [2.45, 2.75) is 40.3 Å². The van der Waals surface area contributed by atoms with E-state index in [1.165, 1.54) is 7.11 Å². The Balaban J connectivity index is 1.98. The third-order valence-electron chi connectivity index (χ3n) is 6.08. The van der Waals surface area contributed by atoms with E-state index in [9.17, 15) is 14.7 Å². The number of aryl methyl sites for hydroxylation is 4. The lowest BCUT2D eigenvalue weighted by Crippen LogP contribution is -2.44. The van der Waals surface area contributed by atoms with Crippen LogP contribution in [0.3, 0.4) is 0 Å². The summed E-state index contributed by atoms with van der Waals surface area (Å²) in [7, 11) is 1.49. The highest BCUT2D eigenvalue weighted by molar-refractivity contribution is 5.71. The molecule has 0 saturated heterocycles. The summed E-state index contributed by atoms with van der Waals surface area (Å²) in [6, 6.07) is 8.77. The number of carbonyl (C=O) groups is 1. The summed E-state index contributed by atoms with van der Waals surface area (Å²) >= 11 is 0. The van der Waals surface area contributed by atoms with Crippen molar-refractivity contribution in [2.75, 3.05) is 13.7 Å². The molecule has 0 fully saturated rings. The molecule has 1 aliphatic rings. The lowest BCUT2D eigenvalue weighted by Gasteiger charge is -2.24. The number of amides is 2. The van der Waals surface area contributed by atoms with Crippen LogP contribution in [-0.2, 0) is 19.5 Å². The van der Waals surface area contributed by atoms with E-state index in [0.29, 0.717) is 29.9 Å². The maximum Gasteiger partial charge on any atom is 0.330 e. The molecule has 0 unspecified atom stereocenters. The molecule has 0 aliphatic carbocycles. The van der Waals surface area contributed by atoms with Crippen LogP contribution >= 0.6 is 0 Å². The molecule has 2 aromatic carbocycles. The fourth-order valence-corrected chi connectivity index (χ4v) is 4.57. The minimum absolute atomic E-state index is 0.0661. The Morgan fingerprint density at radius 2 is 1.88 bits per heavy atom. The smallest absolute Gasteiger partial charge is 0.330 e. The van der Waals surface area contributed by atoms with Crippen LogP contribution in [0.4, 0.5) is 10.5 Å². The number of primary amides is 1. The highest BCUT2D eigenvalue weighted by Crippen LogP contribution is 2.37. The highest BCUT2D eigenvalue weighted by Gasteiger charge is 2.22. The number of nitrogens with zero attached hydrogens (tertiary/aromatic N) is 3. The number of hydrogen-bond acceptors (Lipinski definition) is 5. The summed E-state index contributed by atoms with van der Waals surface area (Å²) in [5.41, 5.74) is 11.8. The number of benzene rings is 2.